The summed E-state index contributed by atoms with van der Waals surface area (Å²) >= 11 is 5.88. The summed E-state index contributed by atoms with van der Waals surface area (Å²) in [4.78, 5) is 8.02. The number of aromatic nitrogens is 2. The molecule has 2 aromatic heterocycles. The highest BCUT2D eigenvalue weighted by atomic mass is 35.5. The quantitative estimate of drug-likeness (QED) is 0.466. The minimum atomic E-state index is 0.103. The second-order valence-corrected chi connectivity index (χ2v) is 4.39. The lowest BCUT2D eigenvalue weighted by molar-refractivity contribution is 1.23. The molecule has 2 nitrogen and oxygen atoms in total. The molecule has 56 valence electrons. The van der Waals surface area contributed by atoms with Crippen LogP contribution in [-0.2, 0) is 6.26 Å². The molecule has 0 aliphatic rings. The van der Waals surface area contributed by atoms with Gasteiger partial charge < -0.3 is 0 Å². The van der Waals surface area contributed by atoms with Crippen LogP contribution in [0.1, 0.15) is 0 Å². The van der Waals surface area contributed by atoms with E-state index in [1.807, 2.05) is 6.07 Å². The fourth-order valence-electron chi connectivity index (χ4n) is 1.02. The van der Waals surface area contributed by atoms with Crippen molar-refractivity contribution in [2.75, 3.05) is 0 Å². The van der Waals surface area contributed by atoms with Crippen molar-refractivity contribution in [2.24, 2.45) is 6.26 Å². The van der Waals surface area contributed by atoms with Gasteiger partial charge in [0.15, 0.2) is 5.15 Å². The molecule has 0 aliphatic carbocycles. The SMILES string of the molecule is C[s+]1ccc2ncnc(Cl)c21. The Labute approximate surface area is 71.8 Å². The zero-order chi connectivity index (χ0) is 7.84. The van der Waals surface area contributed by atoms with Crippen LogP contribution in [0.15, 0.2) is 17.8 Å². The van der Waals surface area contributed by atoms with Gasteiger partial charge in [0.2, 0.25) is 4.70 Å². The van der Waals surface area contributed by atoms with Crippen molar-refractivity contribution in [3.63, 3.8) is 0 Å². The van der Waals surface area contributed by atoms with Gasteiger partial charge in [-0.1, -0.05) is 11.6 Å². The van der Waals surface area contributed by atoms with Gasteiger partial charge in [0.1, 0.15) is 23.5 Å². The lowest BCUT2D eigenvalue weighted by Crippen LogP contribution is -1.77. The van der Waals surface area contributed by atoms with E-state index in [4.69, 9.17) is 11.6 Å². The highest BCUT2D eigenvalue weighted by Gasteiger charge is 2.12. The van der Waals surface area contributed by atoms with Gasteiger partial charge in [-0.05, 0) is 10.5 Å². The molecule has 4 heteroatoms. The molecular formula is C7H6ClN2S+. The molecule has 0 bridgehead atoms. The van der Waals surface area contributed by atoms with Crippen molar-refractivity contribution in [2.45, 2.75) is 0 Å². The van der Waals surface area contributed by atoms with Crippen molar-refractivity contribution in [1.29, 1.82) is 0 Å². The van der Waals surface area contributed by atoms with Gasteiger partial charge in [0.25, 0.3) is 0 Å². The zero-order valence-corrected chi connectivity index (χ0v) is 7.49. The Morgan fingerprint density at radius 2 is 2.27 bits per heavy atom. The van der Waals surface area contributed by atoms with Crippen LogP contribution in [0.5, 0.6) is 0 Å². The van der Waals surface area contributed by atoms with E-state index in [-0.39, 0.29) is 10.5 Å². The Balaban J connectivity index is 2.96. The van der Waals surface area contributed by atoms with Crippen LogP contribution < -0.4 is 0 Å². The number of halogens is 1. The third-order valence-electron chi connectivity index (χ3n) is 1.54. The molecule has 0 fully saturated rings. The summed E-state index contributed by atoms with van der Waals surface area (Å²) in [7, 11) is 0.103. The molecule has 0 amide bonds. The van der Waals surface area contributed by atoms with E-state index in [1.165, 1.54) is 6.33 Å². The van der Waals surface area contributed by atoms with Crippen LogP contribution in [0.2, 0.25) is 5.15 Å². The second kappa shape index (κ2) is 2.43. The summed E-state index contributed by atoms with van der Waals surface area (Å²) in [6, 6.07) is 1.99. The Hall–Kier alpha value is -0.670. The molecule has 2 heterocycles. The molecule has 0 saturated heterocycles. The maximum atomic E-state index is 5.88. The second-order valence-electron chi connectivity index (χ2n) is 2.24. The van der Waals surface area contributed by atoms with E-state index in [9.17, 15) is 0 Å². The number of thiophene rings is 1. The van der Waals surface area contributed by atoms with Gasteiger partial charge in [0, 0.05) is 6.07 Å². The summed E-state index contributed by atoms with van der Waals surface area (Å²) < 4.78 is 1.08. The number of fused-ring (bicyclic) bond motifs is 1. The van der Waals surface area contributed by atoms with E-state index in [0.717, 1.165) is 10.2 Å². The standard InChI is InChI=1S/C7H6ClN2S/c1-11-3-2-5-6(11)7(8)10-4-9-5/h2-4H,1H3/q+1. The van der Waals surface area contributed by atoms with Crippen LogP contribution in [0.4, 0.5) is 0 Å². The summed E-state index contributed by atoms with van der Waals surface area (Å²) in [6.45, 7) is 0. The lowest BCUT2D eigenvalue weighted by atomic mass is 10.5. The predicted octanol–water partition coefficient (Wildman–Crippen LogP) is 2.57. The molecule has 0 saturated carbocycles. The minimum Gasteiger partial charge on any atom is -0.231 e. The van der Waals surface area contributed by atoms with Gasteiger partial charge >= 0.3 is 0 Å². The first-order valence-corrected chi connectivity index (χ1v) is 5.20. The molecule has 2 rings (SSSR count). The first kappa shape index (κ1) is 7.00. The number of aryl methyl sites for hydroxylation is 1. The normalized spacial score (nSPS) is 12.4. The average Bonchev–Trinajstić information content (AvgIpc) is 2.34. The average molecular weight is 186 g/mol. The highest BCUT2D eigenvalue weighted by Crippen LogP contribution is 2.31. The summed E-state index contributed by atoms with van der Waals surface area (Å²) in [5.41, 5.74) is 0.968. The molecule has 2 aromatic rings. The van der Waals surface area contributed by atoms with Gasteiger partial charge in [-0.3, -0.25) is 0 Å². The number of rotatable bonds is 0. The third-order valence-corrected chi connectivity index (χ3v) is 3.53. The molecule has 0 aliphatic heterocycles. The van der Waals surface area contributed by atoms with E-state index in [2.05, 4.69) is 21.6 Å². The summed E-state index contributed by atoms with van der Waals surface area (Å²) in [5, 5.41) is 2.69. The number of hydrogen-bond donors (Lipinski definition) is 0. The van der Waals surface area contributed by atoms with Crippen LogP contribution in [-0.4, -0.2) is 9.97 Å². The van der Waals surface area contributed by atoms with E-state index < -0.39 is 0 Å². The minimum absolute atomic E-state index is 0.103. The van der Waals surface area contributed by atoms with Crippen LogP contribution >= 0.6 is 22.1 Å². The molecule has 0 radical (unpaired) electrons. The van der Waals surface area contributed by atoms with E-state index in [1.54, 1.807) is 0 Å². The Bertz CT molecular complexity index is 396. The van der Waals surface area contributed by atoms with Gasteiger partial charge in [-0.25, -0.2) is 9.97 Å². The van der Waals surface area contributed by atoms with E-state index in [0.29, 0.717) is 5.15 Å². The topological polar surface area (TPSA) is 25.8 Å². The van der Waals surface area contributed by atoms with Crippen LogP contribution in [0, 0.1) is 0 Å². The molecule has 11 heavy (non-hydrogen) atoms. The maximum Gasteiger partial charge on any atom is 0.236 e. The fourth-order valence-corrected chi connectivity index (χ4v) is 2.76. The van der Waals surface area contributed by atoms with Gasteiger partial charge in [0.05, 0.1) is 0 Å². The van der Waals surface area contributed by atoms with E-state index >= 15 is 0 Å². The molecule has 1 atom stereocenters. The molecule has 1 unspecified atom stereocenters. The monoisotopic (exact) mass is 185 g/mol. The third kappa shape index (κ3) is 1.01. The molecular weight excluding hydrogens is 180 g/mol. The lowest BCUT2D eigenvalue weighted by Gasteiger charge is -1.85. The largest absolute Gasteiger partial charge is 0.236 e. The zero-order valence-electron chi connectivity index (χ0n) is 5.91. The summed E-state index contributed by atoms with van der Waals surface area (Å²) in [5.74, 6) is 0. The Morgan fingerprint density at radius 1 is 1.45 bits per heavy atom. The smallest absolute Gasteiger partial charge is 0.231 e. The van der Waals surface area contributed by atoms with Crippen molar-refractivity contribution in [1.82, 2.24) is 9.97 Å². The van der Waals surface area contributed by atoms with Crippen molar-refractivity contribution < 1.29 is 0 Å². The first-order valence-electron chi connectivity index (χ1n) is 3.12. The van der Waals surface area contributed by atoms with Crippen molar-refractivity contribution >= 4 is 32.3 Å². The summed E-state index contributed by atoms with van der Waals surface area (Å²) in [6.07, 6.45) is 3.60. The maximum absolute atomic E-state index is 5.88. The Kier molecular flexibility index (Phi) is 1.55. The van der Waals surface area contributed by atoms with Gasteiger partial charge in [-0.15, -0.1) is 0 Å². The molecule has 0 spiro atoms. The fraction of sp³-hybridized carbons (Fsp3) is 0.143. The molecule has 0 aromatic carbocycles. The number of hydrogen-bond acceptors (Lipinski definition) is 2. The Morgan fingerprint density at radius 3 is 3.00 bits per heavy atom. The van der Waals surface area contributed by atoms with Crippen LogP contribution in [0.3, 0.4) is 0 Å². The van der Waals surface area contributed by atoms with Crippen molar-refractivity contribution in [3.05, 3.63) is 22.9 Å². The van der Waals surface area contributed by atoms with Crippen LogP contribution in [0.25, 0.3) is 10.2 Å². The highest BCUT2D eigenvalue weighted by molar-refractivity contribution is 7.34. The molecule has 0 N–H and O–H groups in total. The van der Waals surface area contributed by atoms with Gasteiger partial charge in [-0.2, -0.15) is 0 Å². The predicted molar refractivity (Wildman–Crippen MR) is 48.0 cm³/mol. The first-order chi connectivity index (χ1) is 5.29. The van der Waals surface area contributed by atoms with Crippen molar-refractivity contribution in [3.8, 4) is 0 Å². The number of nitrogens with zero attached hydrogens (tertiary/aromatic N) is 2.